The van der Waals surface area contributed by atoms with Crippen molar-refractivity contribution in [1.29, 1.82) is 0 Å². The maximum Gasteiger partial charge on any atom is 0.254 e. The smallest absolute Gasteiger partial charge is 0.254 e. The summed E-state index contributed by atoms with van der Waals surface area (Å²) in [7, 11) is 3.64. The number of carbonyl (C=O) groups excluding carboxylic acids is 2. The second-order valence-electron chi connectivity index (χ2n) is 12.9. The summed E-state index contributed by atoms with van der Waals surface area (Å²) in [6.45, 7) is 3.07. The number of nitrogens with zero attached hydrogens (tertiary/aromatic N) is 5. The first-order chi connectivity index (χ1) is 21.8. The molecule has 10 heteroatoms. The van der Waals surface area contributed by atoms with Crippen LogP contribution in [0.4, 0.5) is 5.69 Å². The van der Waals surface area contributed by atoms with Gasteiger partial charge in [-0.1, -0.05) is 12.1 Å². The van der Waals surface area contributed by atoms with Gasteiger partial charge < -0.3 is 29.8 Å². The Labute approximate surface area is 261 Å². The van der Waals surface area contributed by atoms with E-state index in [0.29, 0.717) is 29.7 Å². The van der Waals surface area contributed by atoms with E-state index >= 15 is 0 Å². The molecule has 3 N–H and O–H groups in total. The van der Waals surface area contributed by atoms with Crippen molar-refractivity contribution in [2.24, 2.45) is 24.6 Å². The van der Waals surface area contributed by atoms with Crippen LogP contribution >= 0.6 is 0 Å². The van der Waals surface area contributed by atoms with Gasteiger partial charge in [-0.3, -0.25) is 9.59 Å². The number of aromatic nitrogens is 4. The minimum atomic E-state index is -0.110. The summed E-state index contributed by atoms with van der Waals surface area (Å²) in [4.78, 5) is 37.6. The zero-order valence-electron chi connectivity index (χ0n) is 25.8. The summed E-state index contributed by atoms with van der Waals surface area (Å²) in [6, 6.07) is 17.9. The normalized spacial score (nSPS) is 20.8. The van der Waals surface area contributed by atoms with Crippen LogP contribution in [0.15, 0.2) is 54.6 Å². The predicted molar refractivity (Wildman–Crippen MR) is 174 cm³/mol. The van der Waals surface area contributed by atoms with E-state index in [9.17, 15) is 9.59 Å². The number of nitrogens with two attached hydrogens (primary N) is 1. The Bertz CT molecular complexity index is 2010. The van der Waals surface area contributed by atoms with Gasteiger partial charge in [0.15, 0.2) is 5.82 Å². The Hall–Kier alpha value is -4.70. The number of amides is 2. The second-order valence-corrected chi connectivity index (χ2v) is 12.9. The maximum atomic E-state index is 13.7. The predicted octanol–water partition coefficient (Wildman–Crippen LogP) is 5.20. The first kappa shape index (κ1) is 27.8. The first-order valence-corrected chi connectivity index (χ1v) is 15.8. The van der Waals surface area contributed by atoms with Gasteiger partial charge in [0.25, 0.3) is 5.91 Å². The number of benzene rings is 2. The molecule has 10 nitrogen and oxygen atoms in total. The average Bonchev–Trinajstić information content (AvgIpc) is 3.44. The minimum Gasteiger partial charge on any atom is -0.494 e. The number of hydrogen-bond acceptors (Lipinski definition) is 6. The zero-order chi connectivity index (χ0) is 31.0. The van der Waals surface area contributed by atoms with Crippen LogP contribution in [0.1, 0.15) is 43.0 Å². The monoisotopic (exact) mass is 603 g/mol. The highest BCUT2D eigenvalue weighted by molar-refractivity contribution is 6.00. The van der Waals surface area contributed by atoms with E-state index in [1.54, 1.807) is 7.11 Å². The Balaban J connectivity index is 1.22. The fourth-order valence-corrected chi connectivity index (χ4v) is 7.44. The SMILES string of the molecule is COc1cc(C(=O)N2C[C@H]3CC[C@@H]2[C@@H]3N)cc2nc(-c3cc4ccc(-c5cccc(NC(C)=O)c5)nc4n3CC3CC3)n(C)c12. The highest BCUT2D eigenvalue weighted by Crippen LogP contribution is 2.40. The van der Waals surface area contributed by atoms with Crippen LogP contribution in [0, 0.1) is 11.8 Å². The van der Waals surface area contributed by atoms with E-state index in [4.69, 9.17) is 20.4 Å². The molecule has 1 aliphatic heterocycles. The molecule has 0 unspecified atom stereocenters. The van der Waals surface area contributed by atoms with Crippen molar-refractivity contribution in [3.63, 3.8) is 0 Å². The van der Waals surface area contributed by atoms with Gasteiger partial charge in [-0.25, -0.2) is 9.97 Å². The number of imidazole rings is 1. The second kappa shape index (κ2) is 10.4. The lowest BCUT2D eigenvalue weighted by Crippen LogP contribution is -2.41. The Kier molecular flexibility index (Phi) is 6.46. The highest BCUT2D eigenvalue weighted by Gasteiger charge is 2.47. The summed E-state index contributed by atoms with van der Waals surface area (Å²) < 4.78 is 10.2. The molecule has 4 heterocycles. The molecule has 3 fully saturated rings. The van der Waals surface area contributed by atoms with Gasteiger partial charge in [0.05, 0.1) is 24.0 Å². The van der Waals surface area contributed by atoms with Crippen LogP contribution < -0.4 is 15.8 Å². The molecule has 2 saturated carbocycles. The molecule has 2 aromatic carbocycles. The number of piperidine rings is 1. The minimum absolute atomic E-state index is 0.00722. The third-order valence-electron chi connectivity index (χ3n) is 9.90. The van der Waals surface area contributed by atoms with Crippen molar-refractivity contribution in [2.45, 2.75) is 51.2 Å². The van der Waals surface area contributed by atoms with Crippen molar-refractivity contribution >= 4 is 39.6 Å². The molecule has 8 rings (SSSR count). The number of methoxy groups -OCH3 is 1. The van der Waals surface area contributed by atoms with Gasteiger partial charge in [0.2, 0.25) is 5.91 Å². The number of aryl methyl sites for hydroxylation is 1. The van der Waals surface area contributed by atoms with Crippen molar-refractivity contribution in [1.82, 2.24) is 24.0 Å². The number of anilines is 1. The van der Waals surface area contributed by atoms with E-state index in [2.05, 4.69) is 26.6 Å². The van der Waals surface area contributed by atoms with Crippen LogP contribution in [0.5, 0.6) is 5.75 Å². The molecule has 3 aliphatic rings. The topological polar surface area (TPSA) is 120 Å². The van der Waals surface area contributed by atoms with Crippen LogP contribution in [-0.2, 0) is 18.4 Å². The average molecular weight is 604 g/mol. The fourth-order valence-electron chi connectivity index (χ4n) is 7.44. The van der Waals surface area contributed by atoms with Gasteiger partial charge in [-0.05, 0) is 80.0 Å². The van der Waals surface area contributed by atoms with E-state index in [1.165, 1.54) is 19.8 Å². The summed E-state index contributed by atoms with van der Waals surface area (Å²) in [5.74, 6) is 2.28. The number of fused-ring (bicyclic) bond motifs is 4. The zero-order valence-corrected chi connectivity index (χ0v) is 25.8. The molecule has 0 spiro atoms. The summed E-state index contributed by atoms with van der Waals surface area (Å²) in [5, 5.41) is 3.90. The van der Waals surface area contributed by atoms with Crippen LogP contribution in [0.2, 0.25) is 0 Å². The quantitative estimate of drug-likeness (QED) is 0.264. The van der Waals surface area contributed by atoms with Gasteiger partial charge in [-0.15, -0.1) is 0 Å². The summed E-state index contributed by atoms with van der Waals surface area (Å²) in [6.07, 6.45) is 4.45. The van der Waals surface area contributed by atoms with Gasteiger partial charge in [0, 0.05) is 61.3 Å². The van der Waals surface area contributed by atoms with E-state index in [0.717, 1.165) is 69.9 Å². The van der Waals surface area contributed by atoms with Crippen molar-refractivity contribution in [3.05, 3.63) is 60.2 Å². The first-order valence-electron chi connectivity index (χ1n) is 15.8. The van der Waals surface area contributed by atoms with E-state index < -0.39 is 0 Å². The van der Waals surface area contributed by atoms with Crippen LogP contribution in [-0.4, -0.2) is 61.6 Å². The molecule has 2 amide bonds. The number of hydrogen-bond donors (Lipinski definition) is 2. The molecule has 230 valence electrons. The molecular weight excluding hydrogens is 566 g/mol. The van der Waals surface area contributed by atoms with Crippen LogP contribution in [0.25, 0.3) is 44.8 Å². The standard InChI is InChI=1S/C35H37N7O3/c1-19(43)37-25-6-4-5-21(13-25)26-11-9-22-15-29(41(33(22)38-26)17-20-7-8-20)34-39-27-14-24(16-30(45-3)32(27)40(34)2)35(44)42-18-23-10-12-28(42)31(23)36/h4-6,9,11,13-16,20,23,28,31H,7-8,10,12,17-18,36H2,1-3H3,(H,37,43)/t23-,28-,31-/m1/s1. The molecular formula is C35H37N7O3. The highest BCUT2D eigenvalue weighted by atomic mass is 16.5. The largest absolute Gasteiger partial charge is 0.494 e. The summed E-state index contributed by atoms with van der Waals surface area (Å²) >= 11 is 0. The Morgan fingerprint density at radius 1 is 1.04 bits per heavy atom. The lowest BCUT2D eigenvalue weighted by Gasteiger charge is -2.27. The number of pyridine rings is 1. The van der Waals surface area contributed by atoms with Crippen LogP contribution in [0.3, 0.4) is 0 Å². The van der Waals surface area contributed by atoms with Crippen molar-refractivity contribution in [3.8, 4) is 28.5 Å². The maximum absolute atomic E-state index is 13.7. The number of nitrogens with one attached hydrogen (secondary N) is 1. The lowest BCUT2D eigenvalue weighted by atomic mass is 10.1. The fraction of sp³-hybridized carbons (Fsp3) is 0.371. The third kappa shape index (κ3) is 4.66. The Morgan fingerprint density at radius 3 is 2.60 bits per heavy atom. The van der Waals surface area contributed by atoms with E-state index in [1.807, 2.05) is 54.4 Å². The van der Waals surface area contributed by atoms with Crippen molar-refractivity contribution in [2.75, 3.05) is 19.0 Å². The van der Waals surface area contributed by atoms with Gasteiger partial charge in [-0.2, -0.15) is 0 Å². The number of carbonyl (C=O) groups is 2. The molecule has 1 saturated heterocycles. The molecule has 2 aliphatic carbocycles. The molecule has 45 heavy (non-hydrogen) atoms. The van der Waals surface area contributed by atoms with Gasteiger partial charge in [0.1, 0.15) is 16.9 Å². The Morgan fingerprint density at radius 2 is 1.89 bits per heavy atom. The number of ether oxygens (including phenoxy) is 1. The van der Waals surface area contributed by atoms with E-state index in [-0.39, 0.29) is 23.9 Å². The van der Waals surface area contributed by atoms with Gasteiger partial charge >= 0.3 is 0 Å². The lowest BCUT2D eigenvalue weighted by molar-refractivity contribution is -0.114. The molecule has 3 aromatic heterocycles. The molecule has 0 radical (unpaired) electrons. The molecule has 2 bridgehead atoms. The summed E-state index contributed by atoms with van der Waals surface area (Å²) in [5.41, 5.74) is 12.9. The third-order valence-corrected chi connectivity index (χ3v) is 9.90. The molecule has 3 atom stereocenters. The number of likely N-dealkylation sites (tertiary alicyclic amines) is 1. The molecule has 5 aromatic rings. The number of rotatable bonds is 7. The van der Waals surface area contributed by atoms with Crippen molar-refractivity contribution < 1.29 is 14.3 Å².